The molecule has 1 aliphatic rings. The molecule has 1 N–H and O–H groups in total. The Labute approximate surface area is 221 Å². The summed E-state index contributed by atoms with van der Waals surface area (Å²) in [5.41, 5.74) is 3.01. The summed E-state index contributed by atoms with van der Waals surface area (Å²) in [7, 11) is 3.07. The third-order valence-electron chi connectivity index (χ3n) is 7.28. The van der Waals surface area contributed by atoms with E-state index in [1.54, 1.807) is 18.2 Å². The summed E-state index contributed by atoms with van der Waals surface area (Å²) in [4.78, 5) is 26.7. The second-order valence-electron chi connectivity index (χ2n) is 9.21. The SMILES string of the molecule is COc1ccccc1C1C(C(=O)O)[C@H](c2ccccc2OC)C1C(=O)Oc1ccccc1-c1ccccc1. The number of methoxy groups -OCH3 is 2. The highest BCUT2D eigenvalue weighted by atomic mass is 16.5. The van der Waals surface area contributed by atoms with Crippen molar-refractivity contribution in [3.8, 4) is 28.4 Å². The number of carbonyl (C=O) groups excluding carboxylic acids is 1. The van der Waals surface area contributed by atoms with Gasteiger partial charge in [0.2, 0.25) is 0 Å². The fourth-order valence-electron chi connectivity index (χ4n) is 5.59. The van der Waals surface area contributed by atoms with Crippen molar-refractivity contribution in [1.82, 2.24) is 0 Å². The molecule has 0 heterocycles. The normalized spacial score (nSPS) is 20.2. The Hall–Kier alpha value is -4.58. The Kier molecular flexibility index (Phi) is 7.13. The van der Waals surface area contributed by atoms with Crippen molar-refractivity contribution >= 4 is 11.9 Å². The molecule has 5 rings (SSSR count). The maximum Gasteiger partial charge on any atom is 0.315 e. The second kappa shape index (κ2) is 10.8. The third kappa shape index (κ3) is 4.50. The number of esters is 1. The van der Waals surface area contributed by atoms with Crippen molar-refractivity contribution in [3.63, 3.8) is 0 Å². The van der Waals surface area contributed by atoms with E-state index in [9.17, 15) is 14.7 Å². The van der Waals surface area contributed by atoms with E-state index in [1.807, 2.05) is 84.9 Å². The molecule has 4 aromatic carbocycles. The van der Waals surface area contributed by atoms with Crippen LogP contribution in [0.5, 0.6) is 17.2 Å². The van der Waals surface area contributed by atoms with Gasteiger partial charge in [-0.2, -0.15) is 0 Å². The molecule has 0 amide bonds. The molecule has 6 heteroatoms. The first-order valence-corrected chi connectivity index (χ1v) is 12.4. The van der Waals surface area contributed by atoms with Crippen molar-refractivity contribution in [2.75, 3.05) is 14.2 Å². The number of ether oxygens (including phenoxy) is 3. The highest BCUT2D eigenvalue weighted by Crippen LogP contribution is 2.60. The van der Waals surface area contributed by atoms with Crippen molar-refractivity contribution < 1.29 is 28.9 Å². The Balaban J connectivity index is 1.60. The van der Waals surface area contributed by atoms with Crippen LogP contribution in [0.25, 0.3) is 11.1 Å². The maximum atomic E-state index is 14.0. The molecule has 1 saturated carbocycles. The third-order valence-corrected chi connectivity index (χ3v) is 7.28. The number of carboxylic acid groups (broad SMARTS) is 1. The van der Waals surface area contributed by atoms with Gasteiger partial charge in [-0.1, -0.05) is 84.9 Å². The Bertz CT molecular complexity index is 1390. The van der Waals surface area contributed by atoms with Gasteiger partial charge in [0, 0.05) is 17.4 Å². The van der Waals surface area contributed by atoms with Gasteiger partial charge in [0.15, 0.2) is 0 Å². The molecule has 3 unspecified atom stereocenters. The average Bonchev–Trinajstić information content (AvgIpc) is 2.93. The van der Waals surface area contributed by atoms with E-state index in [0.717, 1.165) is 11.1 Å². The summed E-state index contributed by atoms with van der Waals surface area (Å²) in [5.74, 6) is -3.00. The van der Waals surface area contributed by atoms with Crippen LogP contribution in [0.4, 0.5) is 0 Å². The quantitative estimate of drug-likeness (QED) is 0.226. The van der Waals surface area contributed by atoms with Crippen LogP contribution in [0.3, 0.4) is 0 Å². The van der Waals surface area contributed by atoms with Crippen molar-refractivity contribution in [2.24, 2.45) is 11.8 Å². The summed E-state index contributed by atoms with van der Waals surface area (Å²) in [6.45, 7) is 0. The summed E-state index contributed by atoms with van der Waals surface area (Å²) >= 11 is 0. The van der Waals surface area contributed by atoms with Crippen molar-refractivity contribution in [2.45, 2.75) is 11.8 Å². The first kappa shape index (κ1) is 25.1. The number of carbonyl (C=O) groups is 2. The van der Waals surface area contributed by atoms with E-state index in [-0.39, 0.29) is 0 Å². The highest BCUT2D eigenvalue weighted by molar-refractivity contribution is 5.87. The molecular weight excluding hydrogens is 480 g/mol. The van der Waals surface area contributed by atoms with Crippen LogP contribution in [0.1, 0.15) is 23.0 Å². The molecule has 0 spiro atoms. The summed E-state index contributed by atoms with van der Waals surface area (Å²) in [6.07, 6.45) is 0. The van der Waals surface area contributed by atoms with Gasteiger partial charge in [-0.3, -0.25) is 9.59 Å². The molecule has 0 bridgehead atoms. The molecule has 0 aromatic heterocycles. The summed E-state index contributed by atoms with van der Waals surface area (Å²) in [6, 6.07) is 31.5. The number of hydrogen-bond donors (Lipinski definition) is 1. The monoisotopic (exact) mass is 508 g/mol. The zero-order chi connectivity index (χ0) is 26.6. The van der Waals surface area contributed by atoms with Crippen LogP contribution in [-0.4, -0.2) is 31.3 Å². The molecule has 1 fully saturated rings. The van der Waals surface area contributed by atoms with E-state index < -0.39 is 35.6 Å². The summed E-state index contributed by atoms with van der Waals surface area (Å²) in [5, 5.41) is 10.4. The highest BCUT2D eigenvalue weighted by Gasteiger charge is 2.60. The number of hydrogen-bond acceptors (Lipinski definition) is 5. The lowest BCUT2D eigenvalue weighted by Gasteiger charge is -2.49. The number of rotatable bonds is 8. The minimum absolute atomic E-state index is 0.417. The number of carboxylic acids is 1. The fraction of sp³-hybridized carbons (Fsp3) is 0.188. The lowest BCUT2D eigenvalue weighted by Crippen LogP contribution is -2.52. The Morgan fingerprint density at radius 2 is 1.08 bits per heavy atom. The first-order chi connectivity index (χ1) is 18.5. The topological polar surface area (TPSA) is 82.1 Å². The van der Waals surface area contributed by atoms with Gasteiger partial charge >= 0.3 is 11.9 Å². The molecule has 1 aliphatic carbocycles. The van der Waals surface area contributed by atoms with Crippen LogP contribution in [0, 0.1) is 11.8 Å². The van der Waals surface area contributed by atoms with Crippen LogP contribution in [-0.2, 0) is 9.59 Å². The minimum atomic E-state index is -0.995. The van der Waals surface area contributed by atoms with Gasteiger partial charge in [-0.25, -0.2) is 0 Å². The number of para-hydroxylation sites is 3. The molecule has 4 atom stereocenters. The average molecular weight is 509 g/mol. The van der Waals surface area contributed by atoms with Crippen molar-refractivity contribution in [1.29, 1.82) is 0 Å². The fourth-order valence-corrected chi connectivity index (χ4v) is 5.59. The van der Waals surface area contributed by atoms with Crippen LogP contribution >= 0.6 is 0 Å². The smallest absolute Gasteiger partial charge is 0.315 e. The number of aliphatic carboxylic acids is 1. The van der Waals surface area contributed by atoms with Gasteiger partial charge in [0.05, 0.1) is 26.1 Å². The van der Waals surface area contributed by atoms with Gasteiger partial charge in [-0.05, 0) is 34.9 Å². The Morgan fingerprint density at radius 3 is 1.61 bits per heavy atom. The lowest BCUT2D eigenvalue weighted by atomic mass is 9.52. The van der Waals surface area contributed by atoms with Crippen LogP contribution < -0.4 is 14.2 Å². The van der Waals surface area contributed by atoms with Gasteiger partial charge < -0.3 is 19.3 Å². The molecule has 0 aliphatic heterocycles. The van der Waals surface area contributed by atoms with Crippen molar-refractivity contribution in [3.05, 3.63) is 114 Å². The standard InChI is InChI=1S/C32H28O6/c1-36-24-17-9-7-15-22(24)27-29(31(33)34)28(23-16-8-10-18-25(23)37-2)30(27)32(35)38-26-19-11-6-14-21(26)20-12-4-3-5-13-20/h3-19,27-30H,1-2H3,(H,33,34)/t27-,28?,29?,30?/m0/s1. The van der Waals surface area contributed by atoms with Gasteiger partial charge in [0.25, 0.3) is 0 Å². The predicted octanol–water partition coefficient (Wildman–Crippen LogP) is 6.17. The van der Waals surface area contributed by atoms with Crippen LogP contribution in [0.2, 0.25) is 0 Å². The lowest BCUT2D eigenvalue weighted by molar-refractivity contribution is -0.158. The van der Waals surface area contributed by atoms with E-state index in [2.05, 4.69) is 0 Å². The predicted molar refractivity (Wildman–Crippen MR) is 144 cm³/mol. The van der Waals surface area contributed by atoms with E-state index in [1.165, 1.54) is 14.2 Å². The van der Waals surface area contributed by atoms with E-state index in [4.69, 9.17) is 14.2 Å². The molecule has 38 heavy (non-hydrogen) atoms. The molecule has 0 radical (unpaired) electrons. The molecule has 0 saturated heterocycles. The molecule has 192 valence electrons. The first-order valence-electron chi connectivity index (χ1n) is 12.4. The zero-order valence-corrected chi connectivity index (χ0v) is 21.1. The van der Waals surface area contributed by atoms with Crippen LogP contribution in [0.15, 0.2) is 103 Å². The van der Waals surface area contributed by atoms with E-state index in [0.29, 0.717) is 28.4 Å². The largest absolute Gasteiger partial charge is 0.496 e. The van der Waals surface area contributed by atoms with Gasteiger partial charge in [0.1, 0.15) is 17.2 Å². The maximum absolute atomic E-state index is 14.0. The number of benzene rings is 4. The summed E-state index contributed by atoms with van der Waals surface area (Å²) < 4.78 is 17.2. The van der Waals surface area contributed by atoms with Gasteiger partial charge in [-0.15, -0.1) is 0 Å². The minimum Gasteiger partial charge on any atom is -0.496 e. The second-order valence-corrected chi connectivity index (χ2v) is 9.21. The molecule has 6 nitrogen and oxygen atoms in total. The molecule has 4 aromatic rings. The molecular formula is C32H28O6. The zero-order valence-electron chi connectivity index (χ0n) is 21.1. The van der Waals surface area contributed by atoms with E-state index >= 15 is 0 Å². The Morgan fingerprint density at radius 1 is 0.605 bits per heavy atom.